The lowest BCUT2D eigenvalue weighted by Crippen LogP contribution is -2.55. The molecular weight excluding hydrogens is 433 g/mol. The zero-order valence-electron chi connectivity index (χ0n) is 16.0. The van der Waals surface area contributed by atoms with Crippen molar-refractivity contribution < 1.29 is 17.6 Å². The van der Waals surface area contributed by atoms with E-state index >= 15 is 0 Å². The number of rotatable bonds is 3. The van der Waals surface area contributed by atoms with Crippen LogP contribution < -0.4 is 11.1 Å². The highest BCUT2D eigenvalue weighted by atomic mass is 35.5. The zero-order valence-corrected chi connectivity index (χ0v) is 17.5. The van der Waals surface area contributed by atoms with Gasteiger partial charge >= 0.3 is 0 Å². The minimum Gasteiger partial charge on any atom is -0.369 e. The number of benzene rings is 1. The van der Waals surface area contributed by atoms with Gasteiger partial charge in [-0.05, 0) is 49.6 Å². The standard InChI is InChI=1S/C19H19ClFN5O3S/c1-26-18(22)25-19(8-2-3-16(19)30(26,28)29)13-9-12(5-6-14(13)21)24-17(27)15-7-4-11(20)10-23-15/h4-7,9-10,16H,2-3,8H2,1H3,(H2,22,25)(H,24,27)/t16-,19-/m1/s1. The molecule has 11 heteroatoms. The molecular formula is C19H19ClFN5O3S. The number of amides is 1. The summed E-state index contributed by atoms with van der Waals surface area (Å²) in [4.78, 5) is 20.8. The number of carbonyl (C=O) groups is 1. The van der Waals surface area contributed by atoms with Crippen molar-refractivity contribution in [2.45, 2.75) is 30.1 Å². The average molecular weight is 452 g/mol. The molecule has 2 heterocycles. The average Bonchev–Trinajstić information content (AvgIpc) is 3.14. The van der Waals surface area contributed by atoms with Crippen LogP contribution in [0, 0.1) is 5.82 Å². The number of guanidine groups is 1. The number of anilines is 1. The van der Waals surface area contributed by atoms with E-state index in [1.54, 1.807) is 0 Å². The summed E-state index contributed by atoms with van der Waals surface area (Å²) in [6.07, 6.45) is 2.57. The number of hydrogen-bond acceptors (Lipinski definition) is 6. The van der Waals surface area contributed by atoms with Gasteiger partial charge in [-0.1, -0.05) is 11.6 Å². The smallest absolute Gasteiger partial charge is 0.274 e. The first-order valence-electron chi connectivity index (χ1n) is 9.21. The predicted molar refractivity (Wildman–Crippen MR) is 111 cm³/mol. The summed E-state index contributed by atoms with van der Waals surface area (Å²) in [6, 6.07) is 6.98. The number of halogens is 2. The molecule has 1 aromatic carbocycles. The van der Waals surface area contributed by atoms with Crippen LogP contribution in [-0.2, 0) is 15.6 Å². The maximum atomic E-state index is 14.9. The summed E-state index contributed by atoms with van der Waals surface area (Å²) in [5.41, 5.74) is 5.05. The fourth-order valence-electron chi connectivity index (χ4n) is 4.08. The van der Waals surface area contributed by atoms with Crippen LogP contribution in [0.1, 0.15) is 35.3 Å². The molecule has 2 atom stereocenters. The van der Waals surface area contributed by atoms with Gasteiger partial charge in [0.2, 0.25) is 16.0 Å². The van der Waals surface area contributed by atoms with Gasteiger partial charge in [0.05, 0.1) is 5.02 Å². The van der Waals surface area contributed by atoms with Gasteiger partial charge in [-0.2, -0.15) is 0 Å². The molecule has 30 heavy (non-hydrogen) atoms. The number of nitrogens with two attached hydrogens (primary N) is 1. The van der Waals surface area contributed by atoms with Crippen LogP contribution in [0.25, 0.3) is 0 Å². The summed E-state index contributed by atoms with van der Waals surface area (Å²) < 4.78 is 41.7. The van der Waals surface area contributed by atoms with E-state index in [2.05, 4.69) is 15.3 Å². The zero-order chi connectivity index (χ0) is 21.7. The molecule has 1 fully saturated rings. The van der Waals surface area contributed by atoms with Crippen molar-refractivity contribution >= 4 is 39.2 Å². The quantitative estimate of drug-likeness (QED) is 0.743. The number of aromatic nitrogens is 1. The Morgan fingerprint density at radius 1 is 1.37 bits per heavy atom. The fraction of sp³-hybridized carbons (Fsp3) is 0.316. The van der Waals surface area contributed by atoms with Crippen LogP contribution in [0.2, 0.25) is 5.02 Å². The molecule has 1 aliphatic carbocycles. The van der Waals surface area contributed by atoms with Crippen molar-refractivity contribution in [1.29, 1.82) is 0 Å². The molecule has 0 bridgehead atoms. The van der Waals surface area contributed by atoms with E-state index in [-0.39, 0.29) is 17.2 Å². The van der Waals surface area contributed by atoms with Crippen LogP contribution in [-0.4, -0.2) is 41.9 Å². The molecule has 2 aliphatic rings. The van der Waals surface area contributed by atoms with E-state index in [1.807, 2.05) is 0 Å². The van der Waals surface area contributed by atoms with E-state index in [1.165, 1.54) is 43.6 Å². The third-order valence-electron chi connectivity index (χ3n) is 5.59. The molecule has 158 valence electrons. The highest BCUT2D eigenvalue weighted by Crippen LogP contribution is 2.49. The third-order valence-corrected chi connectivity index (χ3v) is 8.10. The molecule has 0 unspecified atom stereocenters. The van der Waals surface area contributed by atoms with E-state index in [4.69, 9.17) is 17.3 Å². The highest BCUT2D eigenvalue weighted by Gasteiger charge is 2.56. The Hall–Kier alpha value is -2.72. The van der Waals surface area contributed by atoms with Crippen molar-refractivity contribution in [3.05, 3.63) is 58.6 Å². The number of nitrogens with one attached hydrogen (secondary N) is 1. The maximum Gasteiger partial charge on any atom is 0.274 e. The Balaban J connectivity index is 1.75. The molecule has 1 saturated carbocycles. The summed E-state index contributed by atoms with van der Waals surface area (Å²) in [6.45, 7) is 0. The minimum absolute atomic E-state index is 0.0893. The Bertz CT molecular complexity index is 1160. The van der Waals surface area contributed by atoms with Gasteiger partial charge in [-0.3, -0.25) is 4.79 Å². The Labute approximate surface area is 178 Å². The lowest BCUT2D eigenvalue weighted by molar-refractivity contribution is 0.102. The summed E-state index contributed by atoms with van der Waals surface area (Å²) in [5, 5.41) is 2.11. The number of nitrogens with zero attached hydrogens (tertiary/aromatic N) is 3. The number of sulfonamides is 1. The van der Waals surface area contributed by atoms with Crippen LogP contribution in [0.15, 0.2) is 41.5 Å². The van der Waals surface area contributed by atoms with Crippen molar-refractivity contribution in [3.63, 3.8) is 0 Å². The van der Waals surface area contributed by atoms with Gasteiger partial charge in [0.1, 0.15) is 22.3 Å². The van der Waals surface area contributed by atoms with Crippen LogP contribution in [0.3, 0.4) is 0 Å². The van der Waals surface area contributed by atoms with Gasteiger partial charge in [0.25, 0.3) is 5.91 Å². The Morgan fingerprint density at radius 2 is 2.13 bits per heavy atom. The summed E-state index contributed by atoms with van der Waals surface area (Å²) in [7, 11) is -2.46. The lowest BCUT2D eigenvalue weighted by atomic mass is 9.87. The van der Waals surface area contributed by atoms with Crippen LogP contribution >= 0.6 is 11.6 Å². The highest BCUT2D eigenvalue weighted by molar-refractivity contribution is 7.90. The SMILES string of the molecule is CN1C(N)=N[C@@]2(c3cc(NC(=O)c4ccc(Cl)cn4)ccc3F)CCC[C@H]2S1(=O)=O. The number of hydrogen-bond donors (Lipinski definition) is 2. The number of aliphatic imine (C=N–C) groups is 1. The summed E-state index contributed by atoms with van der Waals surface area (Å²) >= 11 is 5.79. The first kappa shape index (κ1) is 20.5. The molecule has 2 aromatic rings. The number of carbonyl (C=O) groups excluding carboxylic acids is 1. The van der Waals surface area contributed by atoms with Gasteiger partial charge in [-0.25, -0.2) is 27.1 Å². The van der Waals surface area contributed by atoms with Gasteiger partial charge in [0.15, 0.2) is 0 Å². The molecule has 0 saturated heterocycles. The lowest BCUT2D eigenvalue weighted by Gasteiger charge is -2.39. The fourth-order valence-corrected chi connectivity index (χ4v) is 6.13. The first-order chi connectivity index (χ1) is 14.1. The van der Waals surface area contributed by atoms with Crippen LogP contribution in [0.5, 0.6) is 0 Å². The topological polar surface area (TPSA) is 118 Å². The predicted octanol–water partition coefficient (Wildman–Crippen LogP) is 2.46. The minimum atomic E-state index is -3.79. The normalized spacial score (nSPS) is 24.8. The van der Waals surface area contributed by atoms with Gasteiger partial charge in [0, 0.05) is 24.5 Å². The molecule has 1 amide bonds. The molecule has 1 aliphatic heterocycles. The second kappa shape index (κ2) is 7.21. The Morgan fingerprint density at radius 3 is 2.83 bits per heavy atom. The number of fused-ring (bicyclic) bond motifs is 1. The van der Waals surface area contributed by atoms with Crippen molar-refractivity contribution in [1.82, 2.24) is 9.29 Å². The maximum absolute atomic E-state index is 14.9. The van der Waals surface area contributed by atoms with Crippen molar-refractivity contribution in [3.8, 4) is 0 Å². The van der Waals surface area contributed by atoms with Crippen LogP contribution in [0.4, 0.5) is 10.1 Å². The molecule has 8 nitrogen and oxygen atoms in total. The second-order valence-corrected chi connectivity index (χ2v) is 9.88. The molecule has 4 rings (SSSR count). The summed E-state index contributed by atoms with van der Waals surface area (Å²) in [5.74, 6) is -1.31. The first-order valence-corrected chi connectivity index (χ1v) is 11.1. The van der Waals surface area contributed by atoms with Crippen molar-refractivity contribution in [2.75, 3.05) is 12.4 Å². The largest absolute Gasteiger partial charge is 0.369 e. The van der Waals surface area contributed by atoms with E-state index < -0.39 is 32.5 Å². The molecule has 0 spiro atoms. The molecule has 0 radical (unpaired) electrons. The van der Waals surface area contributed by atoms with Gasteiger partial charge < -0.3 is 11.1 Å². The van der Waals surface area contributed by atoms with E-state index in [0.717, 1.165) is 4.31 Å². The van der Waals surface area contributed by atoms with Crippen molar-refractivity contribution in [2.24, 2.45) is 10.7 Å². The van der Waals surface area contributed by atoms with Gasteiger partial charge in [-0.15, -0.1) is 0 Å². The molecule has 3 N–H and O–H groups in total. The monoisotopic (exact) mass is 451 g/mol. The van der Waals surface area contributed by atoms with E-state index in [9.17, 15) is 17.6 Å². The van der Waals surface area contributed by atoms with E-state index in [0.29, 0.717) is 30.0 Å². The third kappa shape index (κ3) is 3.20. The number of pyridine rings is 1. The Kier molecular flexibility index (Phi) is 4.94. The molecule has 1 aromatic heterocycles. The second-order valence-electron chi connectivity index (χ2n) is 7.30.